The Hall–Kier alpha value is -3.67. The number of nitrogens with zero attached hydrogens (tertiary/aromatic N) is 2. The molecular formula is C28H42N6O5. The minimum Gasteiger partial charge on any atom is -0.496 e. The molecule has 0 aromatic heterocycles. The third-order valence-electron chi connectivity index (χ3n) is 6.25. The lowest BCUT2D eigenvalue weighted by Gasteiger charge is -2.29. The molecule has 1 atom stereocenters. The predicted molar refractivity (Wildman–Crippen MR) is 151 cm³/mol. The molecule has 0 saturated carbocycles. The van der Waals surface area contributed by atoms with E-state index in [1.165, 1.54) is 12.1 Å². The van der Waals surface area contributed by atoms with E-state index < -0.39 is 6.04 Å². The van der Waals surface area contributed by atoms with Crippen LogP contribution in [0.15, 0.2) is 47.7 Å². The number of amides is 2. The second-order valence-electron chi connectivity index (χ2n) is 9.18. The van der Waals surface area contributed by atoms with Crippen LogP contribution in [0.5, 0.6) is 5.75 Å². The maximum absolute atomic E-state index is 13.2. The van der Waals surface area contributed by atoms with E-state index in [-0.39, 0.29) is 24.4 Å². The first-order chi connectivity index (χ1) is 18.7. The summed E-state index contributed by atoms with van der Waals surface area (Å²) in [5.41, 5.74) is 5.94. The molecule has 1 aliphatic rings. The van der Waals surface area contributed by atoms with Crippen molar-refractivity contribution in [1.82, 2.24) is 20.8 Å². The molecule has 1 unspecified atom stereocenters. The molecule has 6 N–H and O–H groups in total. The number of nitrogens with two attached hydrogens (primary N) is 1. The molecule has 39 heavy (non-hydrogen) atoms. The van der Waals surface area contributed by atoms with Crippen LogP contribution in [-0.4, -0.2) is 65.8 Å². The van der Waals surface area contributed by atoms with Crippen LogP contribution < -0.4 is 21.4 Å². The zero-order valence-electron chi connectivity index (χ0n) is 23.5. The third kappa shape index (κ3) is 8.67. The van der Waals surface area contributed by atoms with Gasteiger partial charge in [0.2, 0.25) is 0 Å². The maximum Gasteiger partial charge on any atom is 0.410 e. The number of nitrogens with one attached hydrogen (secondary N) is 3. The second kappa shape index (κ2) is 15.7. The van der Waals surface area contributed by atoms with Gasteiger partial charge in [0.1, 0.15) is 11.6 Å². The molecule has 0 aliphatic carbocycles. The molecule has 2 rings (SSSR count). The summed E-state index contributed by atoms with van der Waals surface area (Å²) < 4.78 is 10.6. The van der Waals surface area contributed by atoms with Gasteiger partial charge in [0.05, 0.1) is 31.9 Å². The van der Waals surface area contributed by atoms with Gasteiger partial charge in [-0.25, -0.2) is 4.79 Å². The number of aliphatic hydroxyl groups is 1. The van der Waals surface area contributed by atoms with Crippen molar-refractivity contribution in [2.24, 2.45) is 5.84 Å². The van der Waals surface area contributed by atoms with Gasteiger partial charge < -0.3 is 24.8 Å². The van der Waals surface area contributed by atoms with Crippen molar-refractivity contribution in [3.63, 3.8) is 0 Å². The molecular weight excluding hydrogens is 500 g/mol. The topological polar surface area (TPSA) is 153 Å². The molecule has 1 aliphatic heterocycles. The van der Waals surface area contributed by atoms with Crippen LogP contribution >= 0.6 is 0 Å². The van der Waals surface area contributed by atoms with Crippen LogP contribution in [0.25, 0.3) is 0 Å². The quantitative estimate of drug-likeness (QED) is 0.0888. The molecule has 0 spiro atoms. The number of allylic oxidation sites excluding steroid dienone is 4. The van der Waals surface area contributed by atoms with E-state index in [4.69, 9.17) is 20.7 Å². The molecule has 1 aromatic rings. The van der Waals surface area contributed by atoms with Gasteiger partial charge in [0.25, 0.3) is 5.91 Å². The highest BCUT2D eigenvalue weighted by Crippen LogP contribution is 2.28. The Balaban J connectivity index is 2.20. The zero-order valence-corrected chi connectivity index (χ0v) is 23.5. The third-order valence-corrected chi connectivity index (χ3v) is 6.25. The van der Waals surface area contributed by atoms with E-state index in [1.807, 2.05) is 19.1 Å². The first-order valence-corrected chi connectivity index (χ1v) is 13.1. The van der Waals surface area contributed by atoms with Crippen molar-refractivity contribution >= 4 is 17.8 Å². The summed E-state index contributed by atoms with van der Waals surface area (Å²) >= 11 is 0. The number of aliphatic hydroxyl groups excluding tert-OH is 1. The number of carbonyl (C=O) groups excluding carboxylic acids is 2. The van der Waals surface area contributed by atoms with E-state index in [0.717, 1.165) is 24.0 Å². The number of hydrogen-bond donors (Lipinski definition) is 5. The van der Waals surface area contributed by atoms with E-state index in [9.17, 15) is 14.7 Å². The number of hydrogen-bond acceptors (Lipinski definition) is 8. The lowest BCUT2D eigenvalue weighted by molar-refractivity contribution is 0.0962. The highest BCUT2D eigenvalue weighted by atomic mass is 16.6. The SMILES string of the molecule is CCC/C=C(/C=C\C=C(/C)NC(=O)c1cc2c(cc1OC)CCN(C(=O)OCC)C2)C(=N)N(NN)C(C)CO. The Morgan fingerprint density at radius 2 is 2.05 bits per heavy atom. The number of methoxy groups -OCH3 is 1. The van der Waals surface area contributed by atoms with Gasteiger partial charge in [0.15, 0.2) is 0 Å². The van der Waals surface area contributed by atoms with Crippen LogP contribution in [0.4, 0.5) is 4.79 Å². The smallest absolute Gasteiger partial charge is 0.410 e. The van der Waals surface area contributed by atoms with Crippen LogP contribution in [0.1, 0.15) is 62.0 Å². The molecule has 0 fully saturated rings. The molecule has 0 bridgehead atoms. The fourth-order valence-corrected chi connectivity index (χ4v) is 4.06. The van der Waals surface area contributed by atoms with Gasteiger partial charge in [-0.05, 0) is 62.9 Å². The van der Waals surface area contributed by atoms with Gasteiger partial charge in [-0.15, -0.1) is 0 Å². The van der Waals surface area contributed by atoms with Gasteiger partial charge in [-0.3, -0.25) is 21.1 Å². The normalized spacial score (nSPS) is 14.6. The molecule has 11 nitrogen and oxygen atoms in total. The number of unbranched alkanes of at least 4 members (excludes halogenated alkanes) is 1. The summed E-state index contributed by atoms with van der Waals surface area (Å²) in [4.78, 5) is 27.0. The number of rotatable bonds is 12. The van der Waals surface area contributed by atoms with Crippen LogP contribution in [0.2, 0.25) is 0 Å². The fraction of sp³-hybridized carbons (Fsp3) is 0.464. The first-order valence-electron chi connectivity index (χ1n) is 13.1. The average molecular weight is 543 g/mol. The van der Waals surface area contributed by atoms with Crippen LogP contribution in [0.3, 0.4) is 0 Å². The van der Waals surface area contributed by atoms with E-state index in [1.54, 1.807) is 50.0 Å². The minimum atomic E-state index is -0.395. The molecule has 1 aromatic carbocycles. The monoisotopic (exact) mass is 542 g/mol. The number of fused-ring (bicyclic) bond motifs is 1. The van der Waals surface area contributed by atoms with Crippen LogP contribution in [0, 0.1) is 5.41 Å². The van der Waals surface area contributed by atoms with E-state index >= 15 is 0 Å². The van der Waals surface area contributed by atoms with Crippen molar-refractivity contribution in [1.29, 1.82) is 5.41 Å². The van der Waals surface area contributed by atoms with E-state index in [2.05, 4.69) is 10.9 Å². The largest absolute Gasteiger partial charge is 0.496 e. The molecule has 214 valence electrons. The van der Waals surface area contributed by atoms with Crippen molar-refractivity contribution in [3.05, 3.63) is 64.4 Å². The summed E-state index contributed by atoms with van der Waals surface area (Å²) in [5, 5.41) is 22.3. The standard InChI is InChI=1S/C28H42N6O5/c1-6-8-11-21(26(29)34(32-30)20(4)18-35)12-9-10-19(3)31-27(36)24-15-23-17-33(28(37)39-7-2)14-13-22(23)16-25(24)38-5/h9-12,15-16,20,29,32,35H,6-8,13-14,17-18,30H2,1-5H3,(H,31,36)/b12-9-,19-10+,21-11-,29-26?. The highest BCUT2D eigenvalue weighted by molar-refractivity contribution is 5.99. The lowest BCUT2D eigenvalue weighted by atomic mass is 9.96. The predicted octanol–water partition coefficient (Wildman–Crippen LogP) is 3.16. The molecule has 2 amide bonds. The Kier molecular flexibility index (Phi) is 12.7. The Morgan fingerprint density at radius 1 is 1.31 bits per heavy atom. The van der Waals surface area contributed by atoms with Crippen LogP contribution in [-0.2, 0) is 17.7 Å². The number of benzene rings is 1. The van der Waals surface area contributed by atoms with Gasteiger partial charge in [-0.1, -0.05) is 31.6 Å². The minimum absolute atomic E-state index is 0.120. The molecule has 11 heteroatoms. The molecule has 1 heterocycles. The van der Waals surface area contributed by atoms with E-state index in [0.29, 0.717) is 48.7 Å². The Bertz CT molecular complexity index is 1110. The second-order valence-corrected chi connectivity index (χ2v) is 9.18. The summed E-state index contributed by atoms with van der Waals surface area (Å²) in [6, 6.07) is 3.22. The molecule has 0 saturated heterocycles. The number of hydrazine groups is 2. The van der Waals surface area contributed by atoms with Crippen molar-refractivity contribution in [2.45, 2.75) is 59.5 Å². The highest BCUT2D eigenvalue weighted by Gasteiger charge is 2.25. The summed E-state index contributed by atoms with van der Waals surface area (Å²) in [5.74, 6) is 5.83. The van der Waals surface area contributed by atoms with Gasteiger partial charge in [-0.2, -0.15) is 5.53 Å². The Labute approximate surface area is 230 Å². The Morgan fingerprint density at radius 3 is 2.67 bits per heavy atom. The summed E-state index contributed by atoms with van der Waals surface area (Å²) in [7, 11) is 1.52. The van der Waals surface area contributed by atoms with Crippen molar-refractivity contribution < 1.29 is 24.2 Å². The fourth-order valence-electron chi connectivity index (χ4n) is 4.06. The maximum atomic E-state index is 13.2. The first kappa shape index (κ1) is 31.5. The zero-order chi connectivity index (χ0) is 28.9. The van der Waals surface area contributed by atoms with Gasteiger partial charge in [0, 0.05) is 24.4 Å². The van der Waals surface area contributed by atoms with Gasteiger partial charge >= 0.3 is 6.09 Å². The lowest BCUT2D eigenvalue weighted by Crippen LogP contribution is -2.53. The number of amidine groups is 1. The molecule has 0 radical (unpaired) electrons. The van der Waals surface area contributed by atoms with Crippen molar-refractivity contribution in [2.75, 3.05) is 26.9 Å². The summed E-state index contributed by atoms with van der Waals surface area (Å²) in [6.45, 7) is 8.35. The summed E-state index contributed by atoms with van der Waals surface area (Å²) in [6.07, 6.45) is 9.09. The average Bonchev–Trinajstić information content (AvgIpc) is 2.93. The number of carbonyl (C=O) groups is 2. The van der Waals surface area contributed by atoms with Crippen molar-refractivity contribution in [3.8, 4) is 5.75 Å². The number of ether oxygens (including phenoxy) is 2.